The lowest BCUT2D eigenvalue weighted by atomic mass is 9.98. The highest BCUT2D eigenvalue weighted by Crippen LogP contribution is 2.28. The molecule has 8 heteroatoms. The lowest BCUT2D eigenvalue weighted by Gasteiger charge is -2.11. The van der Waals surface area contributed by atoms with Gasteiger partial charge in [-0.2, -0.15) is 0 Å². The van der Waals surface area contributed by atoms with Crippen molar-refractivity contribution >= 4 is 51.6 Å². The fraction of sp³-hybridized carbons (Fsp3) is 0.222. The molecule has 0 aliphatic heterocycles. The lowest BCUT2D eigenvalue weighted by molar-refractivity contribution is -0.121. The Morgan fingerprint density at radius 1 is 1.14 bits per heavy atom. The number of nitrogens with one attached hydrogen (secondary N) is 2. The Bertz CT molecular complexity index is 1370. The second-order valence-corrected chi connectivity index (χ2v) is 9.15. The number of nitrogens with zero attached hydrogens (tertiary/aromatic N) is 1. The van der Waals surface area contributed by atoms with Gasteiger partial charge in [0.05, 0.1) is 0 Å². The number of oxazole rings is 1. The number of fused-ring (bicyclic) bond motifs is 1. The molecule has 0 aliphatic carbocycles. The largest absolute Gasteiger partial charge is 0.484 e. The average molecular weight is 508 g/mol. The number of amides is 1. The summed E-state index contributed by atoms with van der Waals surface area (Å²) in [5, 5.41) is 6.42. The molecular formula is C27H26ClN3O3S. The van der Waals surface area contributed by atoms with Crippen LogP contribution in [0.4, 0.5) is 5.69 Å². The second kappa shape index (κ2) is 10.9. The van der Waals surface area contributed by atoms with E-state index in [1.165, 1.54) is 5.56 Å². The monoisotopic (exact) mass is 507 g/mol. The molecule has 0 bridgehead atoms. The SMILES string of the molecule is CC[C@H](C)c1ccc2oc(-c3ccc(NC(=S)NC(=O)COc4ccc(Cl)c(C)c4)cc3)nc2c1. The van der Waals surface area contributed by atoms with E-state index in [2.05, 4.69) is 41.6 Å². The van der Waals surface area contributed by atoms with Crippen LogP contribution in [-0.4, -0.2) is 22.6 Å². The summed E-state index contributed by atoms with van der Waals surface area (Å²) < 4.78 is 11.4. The van der Waals surface area contributed by atoms with Crippen molar-refractivity contribution < 1.29 is 13.9 Å². The third kappa shape index (κ3) is 6.18. The number of hydrogen-bond donors (Lipinski definition) is 2. The van der Waals surface area contributed by atoms with Gasteiger partial charge in [0.1, 0.15) is 11.3 Å². The first-order valence-corrected chi connectivity index (χ1v) is 12.1. The van der Waals surface area contributed by atoms with E-state index in [0.717, 1.165) is 34.3 Å². The summed E-state index contributed by atoms with van der Waals surface area (Å²) in [5.41, 5.74) is 5.30. The quantitative estimate of drug-likeness (QED) is 0.266. The van der Waals surface area contributed by atoms with Gasteiger partial charge in [0.25, 0.3) is 5.91 Å². The van der Waals surface area contributed by atoms with Crippen molar-refractivity contribution in [2.24, 2.45) is 0 Å². The Kier molecular flexibility index (Phi) is 7.68. The van der Waals surface area contributed by atoms with Gasteiger partial charge < -0.3 is 14.5 Å². The number of halogens is 1. The number of benzene rings is 3. The number of aryl methyl sites for hydroxylation is 1. The molecule has 0 radical (unpaired) electrons. The molecule has 2 N–H and O–H groups in total. The van der Waals surface area contributed by atoms with Crippen molar-refractivity contribution in [3.8, 4) is 17.2 Å². The molecule has 4 aromatic rings. The average Bonchev–Trinajstić information content (AvgIpc) is 3.28. The van der Waals surface area contributed by atoms with Crippen molar-refractivity contribution in [2.75, 3.05) is 11.9 Å². The summed E-state index contributed by atoms with van der Waals surface area (Å²) in [4.78, 5) is 16.8. The van der Waals surface area contributed by atoms with Crippen molar-refractivity contribution in [1.82, 2.24) is 10.3 Å². The standard InChI is InChI=1S/C27H26ClN3O3S/c1-4-16(2)19-7-12-24-23(14-19)30-26(34-24)18-5-8-20(9-6-18)29-27(35)31-25(32)15-33-21-10-11-22(28)17(3)13-21/h5-14,16H,4,15H2,1-3H3,(H2,29,31,32,35)/t16-/m0/s1. The van der Waals surface area contributed by atoms with Crippen LogP contribution >= 0.6 is 23.8 Å². The molecule has 0 saturated carbocycles. The highest BCUT2D eigenvalue weighted by Gasteiger charge is 2.12. The zero-order valence-corrected chi connectivity index (χ0v) is 21.3. The first kappa shape index (κ1) is 24.7. The first-order chi connectivity index (χ1) is 16.8. The maximum atomic E-state index is 12.2. The maximum absolute atomic E-state index is 12.2. The predicted molar refractivity (Wildman–Crippen MR) is 144 cm³/mol. The predicted octanol–water partition coefficient (Wildman–Crippen LogP) is 6.86. The van der Waals surface area contributed by atoms with E-state index in [-0.39, 0.29) is 17.6 Å². The van der Waals surface area contributed by atoms with Crippen LogP contribution in [0.3, 0.4) is 0 Å². The van der Waals surface area contributed by atoms with E-state index in [1.54, 1.807) is 18.2 Å². The number of carbonyl (C=O) groups excluding carboxylic acids is 1. The van der Waals surface area contributed by atoms with Gasteiger partial charge in [0.15, 0.2) is 17.3 Å². The van der Waals surface area contributed by atoms with Gasteiger partial charge in [-0.05, 0) is 97.2 Å². The topological polar surface area (TPSA) is 76.4 Å². The minimum Gasteiger partial charge on any atom is -0.484 e. The smallest absolute Gasteiger partial charge is 0.264 e. The van der Waals surface area contributed by atoms with Gasteiger partial charge in [0.2, 0.25) is 5.89 Å². The minimum atomic E-state index is -0.366. The highest BCUT2D eigenvalue weighted by atomic mass is 35.5. The summed E-state index contributed by atoms with van der Waals surface area (Å²) in [5.74, 6) is 1.22. The molecule has 0 unspecified atom stereocenters. The van der Waals surface area contributed by atoms with Crippen molar-refractivity contribution in [3.63, 3.8) is 0 Å². The third-order valence-corrected chi connectivity index (χ3v) is 6.36. The third-order valence-electron chi connectivity index (χ3n) is 5.74. The number of carbonyl (C=O) groups is 1. The van der Waals surface area contributed by atoms with Crippen molar-refractivity contribution in [3.05, 3.63) is 76.8 Å². The summed E-state index contributed by atoms with van der Waals surface area (Å²) in [6.07, 6.45) is 1.07. The minimum absolute atomic E-state index is 0.168. The zero-order valence-electron chi connectivity index (χ0n) is 19.7. The van der Waals surface area contributed by atoms with E-state index in [0.29, 0.717) is 22.6 Å². The van der Waals surface area contributed by atoms with Gasteiger partial charge in [-0.3, -0.25) is 10.1 Å². The van der Waals surface area contributed by atoms with Crippen LogP contribution in [0.5, 0.6) is 5.75 Å². The van der Waals surface area contributed by atoms with Gasteiger partial charge in [-0.15, -0.1) is 0 Å². The molecule has 1 aromatic heterocycles. The highest BCUT2D eigenvalue weighted by molar-refractivity contribution is 7.80. The van der Waals surface area contributed by atoms with E-state index < -0.39 is 0 Å². The summed E-state index contributed by atoms with van der Waals surface area (Å²) in [6, 6.07) is 18.8. The second-order valence-electron chi connectivity index (χ2n) is 8.33. The summed E-state index contributed by atoms with van der Waals surface area (Å²) in [7, 11) is 0. The lowest BCUT2D eigenvalue weighted by Crippen LogP contribution is -2.37. The Labute approximate surface area is 214 Å². The van der Waals surface area contributed by atoms with Crippen LogP contribution in [0.2, 0.25) is 5.02 Å². The molecule has 4 rings (SSSR count). The van der Waals surface area contributed by atoms with Crippen molar-refractivity contribution in [1.29, 1.82) is 0 Å². The fourth-order valence-corrected chi connectivity index (χ4v) is 3.84. The molecule has 0 spiro atoms. The molecular weight excluding hydrogens is 482 g/mol. The summed E-state index contributed by atoms with van der Waals surface area (Å²) >= 11 is 11.3. The Balaban J connectivity index is 1.33. The molecule has 0 fully saturated rings. The fourth-order valence-electron chi connectivity index (χ4n) is 3.49. The molecule has 0 aliphatic rings. The van der Waals surface area contributed by atoms with Crippen LogP contribution in [-0.2, 0) is 4.79 Å². The number of anilines is 1. The number of hydrogen-bond acceptors (Lipinski definition) is 5. The van der Waals surface area contributed by atoms with E-state index >= 15 is 0 Å². The van der Waals surface area contributed by atoms with E-state index in [9.17, 15) is 4.79 Å². The van der Waals surface area contributed by atoms with E-state index in [1.807, 2.05) is 37.3 Å². The zero-order chi connectivity index (χ0) is 24.9. The maximum Gasteiger partial charge on any atom is 0.264 e. The normalized spacial score (nSPS) is 11.8. The first-order valence-electron chi connectivity index (χ1n) is 11.3. The molecule has 1 atom stereocenters. The van der Waals surface area contributed by atoms with Gasteiger partial charge in [0, 0.05) is 16.3 Å². The summed E-state index contributed by atoms with van der Waals surface area (Å²) in [6.45, 7) is 6.08. The number of ether oxygens (including phenoxy) is 1. The molecule has 0 saturated heterocycles. The van der Waals surface area contributed by atoms with Crippen LogP contribution in [0.15, 0.2) is 65.1 Å². The Morgan fingerprint density at radius 3 is 2.63 bits per heavy atom. The Hall–Kier alpha value is -3.42. The van der Waals surface area contributed by atoms with E-state index in [4.69, 9.17) is 33.0 Å². The molecule has 1 amide bonds. The van der Waals surface area contributed by atoms with Crippen LogP contribution in [0.1, 0.15) is 37.3 Å². The molecule has 180 valence electrons. The van der Waals surface area contributed by atoms with Gasteiger partial charge >= 0.3 is 0 Å². The number of aromatic nitrogens is 1. The molecule has 6 nitrogen and oxygen atoms in total. The Morgan fingerprint density at radius 2 is 1.91 bits per heavy atom. The van der Waals surface area contributed by atoms with Crippen LogP contribution in [0.25, 0.3) is 22.6 Å². The van der Waals surface area contributed by atoms with Gasteiger partial charge in [-0.1, -0.05) is 31.5 Å². The molecule has 3 aromatic carbocycles. The van der Waals surface area contributed by atoms with Crippen LogP contribution < -0.4 is 15.4 Å². The molecule has 1 heterocycles. The van der Waals surface area contributed by atoms with Crippen LogP contribution in [0, 0.1) is 6.92 Å². The number of thiocarbonyl (C=S) groups is 1. The van der Waals surface area contributed by atoms with Gasteiger partial charge in [-0.25, -0.2) is 4.98 Å². The van der Waals surface area contributed by atoms with Crippen molar-refractivity contribution in [2.45, 2.75) is 33.1 Å². The number of rotatable bonds is 7. The molecule has 35 heavy (non-hydrogen) atoms.